The van der Waals surface area contributed by atoms with Gasteiger partial charge in [0.05, 0.1) is 20.9 Å². The van der Waals surface area contributed by atoms with Crippen LogP contribution >= 0.6 is 11.3 Å². The van der Waals surface area contributed by atoms with E-state index in [1.807, 2.05) is 48.5 Å². The molecule has 5 rings (SSSR count). The van der Waals surface area contributed by atoms with Crippen LogP contribution in [0.5, 0.6) is 0 Å². The van der Waals surface area contributed by atoms with Crippen molar-refractivity contribution in [1.82, 2.24) is 15.3 Å². The first-order valence-corrected chi connectivity index (χ1v) is 10.7. The van der Waals surface area contributed by atoms with Crippen LogP contribution in [-0.2, 0) is 11.3 Å². The van der Waals surface area contributed by atoms with E-state index in [0.717, 1.165) is 40.8 Å². The fourth-order valence-electron chi connectivity index (χ4n) is 3.24. The number of imidazole rings is 1. The normalized spacial score (nSPS) is 13.3. The molecular weight excluding hydrogens is 396 g/mol. The van der Waals surface area contributed by atoms with Crippen molar-refractivity contribution < 1.29 is 9.59 Å². The Balaban J connectivity index is 1.19. The van der Waals surface area contributed by atoms with Crippen LogP contribution in [0.1, 0.15) is 28.1 Å². The van der Waals surface area contributed by atoms with Gasteiger partial charge in [-0.1, -0.05) is 36.4 Å². The van der Waals surface area contributed by atoms with Crippen molar-refractivity contribution in [2.45, 2.75) is 19.4 Å². The second kappa shape index (κ2) is 7.76. The van der Waals surface area contributed by atoms with E-state index in [4.69, 9.17) is 0 Å². The minimum Gasteiger partial charge on any atom is -0.347 e. The molecule has 1 fully saturated rings. The number of aromatic nitrogens is 2. The number of benzene rings is 2. The lowest BCUT2D eigenvalue weighted by molar-refractivity contribution is -0.117. The van der Waals surface area contributed by atoms with E-state index in [2.05, 4.69) is 20.6 Å². The van der Waals surface area contributed by atoms with Crippen molar-refractivity contribution in [1.29, 1.82) is 0 Å². The number of carbonyl (C=O) groups excluding carboxylic acids is 2. The summed E-state index contributed by atoms with van der Waals surface area (Å²) in [6, 6.07) is 19.4. The maximum absolute atomic E-state index is 12.4. The number of hydrogen-bond acceptors (Lipinski definition) is 4. The molecule has 0 saturated heterocycles. The summed E-state index contributed by atoms with van der Waals surface area (Å²) in [4.78, 5) is 32.8. The Kier molecular flexibility index (Phi) is 4.80. The summed E-state index contributed by atoms with van der Waals surface area (Å²) in [5, 5.41) is 6.52. The standard InChI is InChI=1S/C23H20N4O2S/c28-22(16-9-10-16)27-20-12-11-19(30-20)23(29)24-13-14-5-7-15(8-6-14)21-25-17-3-1-2-4-18(17)26-21/h1-8,11-12,16H,9-10,13H2,(H,24,29)(H,25,26)(H,27,28). The number of rotatable bonds is 6. The van der Waals surface area contributed by atoms with Gasteiger partial charge < -0.3 is 15.6 Å². The van der Waals surface area contributed by atoms with Gasteiger partial charge in [-0.15, -0.1) is 11.3 Å². The quantitative estimate of drug-likeness (QED) is 0.430. The van der Waals surface area contributed by atoms with E-state index in [9.17, 15) is 9.59 Å². The minimum atomic E-state index is -0.145. The Morgan fingerprint density at radius 3 is 2.60 bits per heavy atom. The highest BCUT2D eigenvalue weighted by molar-refractivity contribution is 7.18. The second-order valence-electron chi connectivity index (χ2n) is 7.41. The predicted molar refractivity (Wildman–Crippen MR) is 118 cm³/mol. The van der Waals surface area contributed by atoms with Gasteiger partial charge in [-0.2, -0.15) is 0 Å². The predicted octanol–water partition coefficient (Wildman–Crippen LogP) is 4.57. The molecule has 2 heterocycles. The first-order valence-electron chi connectivity index (χ1n) is 9.89. The van der Waals surface area contributed by atoms with Gasteiger partial charge >= 0.3 is 0 Å². The van der Waals surface area contributed by atoms with Crippen LogP contribution in [0.3, 0.4) is 0 Å². The highest BCUT2D eigenvalue weighted by Gasteiger charge is 2.29. The molecule has 7 heteroatoms. The number of nitrogens with zero attached hydrogens (tertiary/aromatic N) is 1. The molecule has 2 amide bonds. The van der Waals surface area contributed by atoms with Crippen LogP contribution in [0.2, 0.25) is 0 Å². The van der Waals surface area contributed by atoms with E-state index in [1.165, 1.54) is 11.3 Å². The number of anilines is 1. The zero-order chi connectivity index (χ0) is 20.5. The highest BCUT2D eigenvalue weighted by atomic mass is 32.1. The molecule has 1 saturated carbocycles. The summed E-state index contributed by atoms with van der Waals surface area (Å²) in [6.07, 6.45) is 1.92. The molecule has 1 aliphatic carbocycles. The fraction of sp³-hybridized carbons (Fsp3) is 0.174. The first kappa shape index (κ1) is 18.6. The maximum Gasteiger partial charge on any atom is 0.261 e. The van der Waals surface area contributed by atoms with Gasteiger partial charge in [-0.05, 0) is 42.7 Å². The lowest BCUT2D eigenvalue weighted by Gasteiger charge is -2.05. The molecule has 3 N–H and O–H groups in total. The molecule has 30 heavy (non-hydrogen) atoms. The smallest absolute Gasteiger partial charge is 0.261 e. The van der Waals surface area contributed by atoms with Crippen molar-refractivity contribution in [2.75, 3.05) is 5.32 Å². The van der Waals surface area contributed by atoms with Crippen LogP contribution in [0.15, 0.2) is 60.7 Å². The number of para-hydroxylation sites is 2. The molecular formula is C23H20N4O2S. The number of hydrogen-bond donors (Lipinski definition) is 3. The summed E-state index contributed by atoms with van der Waals surface area (Å²) < 4.78 is 0. The maximum atomic E-state index is 12.4. The van der Waals surface area contributed by atoms with Crippen LogP contribution in [0.25, 0.3) is 22.4 Å². The molecule has 0 spiro atoms. The fourth-order valence-corrected chi connectivity index (χ4v) is 4.06. The third kappa shape index (κ3) is 3.97. The number of carbonyl (C=O) groups is 2. The average Bonchev–Trinajstić information content (AvgIpc) is 3.37. The Bertz CT molecular complexity index is 1190. The molecule has 1 aliphatic rings. The van der Waals surface area contributed by atoms with Gasteiger partial charge in [0.1, 0.15) is 5.82 Å². The highest BCUT2D eigenvalue weighted by Crippen LogP contribution is 2.31. The summed E-state index contributed by atoms with van der Waals surface area (Å²) in [5.41, 5.74) is 3.94. The average molecular weight is 417 g/mol. The van der Waals surface area contributed by atoms with Crippen molar-refractivity contribution >= 4 is 39.2 Å². The number of nitrogens with one attached hydrogen (secondary N) is 3. The van der Waals surface area contributed by atoms with Gasteiger partial charge in [0.2, 0.25) is 5.91 Å². The van der Waals surface area contributed by atoms with Crippen molar-refractivity contribution in [3.63, 3.8) is 0 Å². The molecule has 6 nitrogen and oxygen atoms in total. The van der Waals surface area contributed by atoms with Gasteiger partial charge in [0, 0.05) is 18.0 Å². The zero-order valence-electron chi connectivity index (χ0n) is 16.1. The largest absolute Gasteiger partial charge is 0.347 e. The molecule has 0 unspecified atom stereocenters. The molecule has 2 aromatic heterocycles. The van der Waals surface area contributed by atoms with Crippen molar-refractivity contribution in [3.05, 3.63) is 71.1 Å². The molecule has 2 aromatic carbocycles. The monoisotopic (exact) mass is 416 g/mol. The van der Waals surface area contributed by atoms with Gasteiger partial charge in [-0.25, -0.2) is 4.98 Å². The van der Waals surface area contributed by atoms with Crippen LogP contribution in [0.4, 0.5) is 5.00 Å². The summed E-state index contributed by atoms with van der Waals surface area (Å²) in [5.74, 6) is 0.875. The van der Waals surface area contributed by atoms with E-state index >= 15 is 0 Å². The summed E-state index contributed by atoms with van der Waals surface area (Å²) in [7, 11) is 0. The summed E-state index contributed by atoms with van der Waals surface area (Å²) >= 11 is 1.29. The number of fused-ring (bicyclic) bond motifs is 1. The molecule has 0 radical (unpaired) electrons. The Morgan fingerprint density at radius 1 is 1.03 bits per heavy atom. The molecule has 0 bridgehead atoms. The van der Waals surface area contributed by atoms with E-state index in [0.29, 0.717) is 16.4 Å². The summed E-state index contributed by atoms with van der Waals surface area (Å²) in [6.45, 7) is 0.431. The zero-order valence-corrected chi connectivity index (χ0v) is 17.0. The van der Waals surface area contributed by atoms with Crippen LogP contribution in [0, 0.1) is 5.92 Å². The Morgan fingerprint density at radius 2 is 1.83 bits per heavy atom. The van der Waals surface area contributed by atoms with Crippen LogP contribution < -0.4 is 10.6 Å². The number of thiophene rings is 1. The van der Waals surface area contributed by atoms with E-state index < -0.39 is 0 Å². The molecule has 0 aliphatic heterocycles. The third-order valence-electron chi connectivity index (χ3n) is 5.09. The van der Waals surface area contributed by atoms with Gasteiger partial charge in [0.25, 0.3) is 5.91 Å². The Labute approximate surface area is 177 Å². The number of amides is 2. The third-order valence-corrected chi connectivity index (χ3v) is 6.09. The van der Waals surface area contributed by atoms with Gasteiger partial charge in [0.15, 0.2) is 0 Å². The van der Waals surface area contributed by atoms with E-state index in [-0.39, 0.29) is 17.7 Å². The first-order chi connectivity index (χ1) is 14.7. The lowest BCUT2D eigenvalue weighted by atomic mass is 10.1. The molecule has 4 aromatic rings. The minimum absolute atomic E-state index is 0.0494. The number of aromatic amines is 1. The molecule has 150 valence electrons. The van der Waals surface area contributed by atoms with Crippen molar-refractivity contribution in [2.24, 2.45) is 5.92 Å². The topological polar surface area (TPSA) is 86.9 Å². The second-order valence-corrected chi connectivity index (χ2v) is 8.49. The SMILES string of the molecule is O=C(NCc1ccc(-c2nc3ccccc3[nH]2)cc1)c1ccc(NC(=O)C2CC2)s1. The van der Waals surface area contributed by atoms with Gasteiger partial charge in [-0.3, -0.25) is 9.59 Å². The van der Waals surface area contributed by atoms with E-state index in [1.54, 1.807) is 12.1 Å². The van der Waals surface area contributed by atoms with Crippen LogP contribution in [-0.4, -0.2) is 21.8 Å². The number of H-pyrrole nitrogens is 1. The lowest BCUT2D eigenvalue weighted by Crippen LogP contribution is -2.21. The van der Waals surface area contributed by atoms with Crippen molar-refractivity contribution in [3.8, 4) is 11.4 Å². The Hall–Kier alpha value is -3.45. The molecule has 0 atom stereocenters.